The Morgan fingerprint density at radius 3 is 2.65 bits per heavy atom. The maximum absolute atomic E-state index is 13.0. The molecule has 1 unspecified atom stereocenters. The molecular formula is C14H19F2NO3. The zero-order chi connectivity index (χ0) is 15.0. The number of hydrogen-bond donors (Lipinski definition) is 1. The van der Waals surface area contributed by atoms with Crippen LogP contribution < -0.4 is 10.1 Å². The van der Waals surface area contributed by atoms with E-state index in [1.165, 1.54) is 6.07 Å². The number of carbonyl (C=O) groups is 1. The Labute approximate surface area is 117 Å². The molecule has 1 atom stereocenters. The van der Waals surface area contributed by atoms with Gasteiger partial charge < -0.3 is 14.8 Å². The second-order valence-corrected chi connectivity index (χ2v) is 4.08. The van der Waals surface area contributed by atoms with E-state index in [0.717, 1.165) is 12.1 Å². The Morgan fingerprint density at radius 1 is 1.30 bits per heavy atom. The van der Waals surface area contributed by atoms with Gasteiger partial charge in [-0.15, -0.1) is 0 Å². The predicted octanol–water partition coefficient (Wildman–Crippen LogP) is 2.27. The zero-order valence-electron chi connectivity index (χ0n) is 11.6. The second kappa shape index (κ2) is 8.47. The molecule has 20 heavy (non-hydrogen) atoms. The predicted molar refractivity (Wildman–Crippen MR) is 70.6 cm³/mol. The van der Waals surface area contributed by atoms with Crippen LogP contribution in [0.25, 0.3) is 0 Å². The molecule has 0 aliphatic heterocycles. The third kappa shape index (κ3) is 5.13. The molecule has 1 rings (SSSR count). The highest BCUT2D eigenvalue weighted by Gasteiger charge is 2.18. The third-order valence-corrected chi connectivity index (χ3v) is 2.59. The maximum atomic E-state index is 13.0. The molecule has 0 saturated heterocycles. The normalized spacial score (nSPS) is 12.0. The first-order chi connectivity index (χ1) is 9.58. The number of esters is 1. The molecule has 0 aliphatic rings. The van der Waals surface area contributed by atoms with Crippen LogP contribution in [0.4, 0.5) is 8.78 Å². The summed E-state index contributed by atoms with van der Waals surface area (Å²) in [7, 11) is 0. The Balaban J connectivity index is 2.47. The molecule has 0 aliphatic carbocycles. The number of hydrogen-bond acceptors (Lipinski definition) is 4. The molecule has 112 valence electrons. The zero-order valence-corrected chi connectivity index (χ0v) is 11.6. The van der Waals surface area contributed by atoms with Gasteiger partial charge in [-0.2, -0.15) is 0 Å². The summed E-state index contributed by atoms with van der Waals surface area (Å²) >= 11 is 0. The molecule has 0 fully saturated rings. The van der Waals surface area contributed by atoms with E-state index in [1.54, 1.807) is 6.92 Å². The van der Waals surface area contributed by atoms with Crippen molar-refractivity contribution in [1.29, 1.82) is 0 Å². The van der Waals surface area contributed by atoms with E-state index in [2.05, 4.69) is 5.32 Å². The van der Waals surface area contributed by atoms with Crippen molar-refractivity contribution in [1.82, 2.24) is 5.32 Å². The molecule has 0 radical (unpaired) electrons. The van der Waals surface area contributed by atoms with Crippen LogP contribution in [0.5, 0.6) is 5.75 Å². The average molecular weight is 287 g/mol. The fourth-order valence-electron chi connectivity index (χ4n) is 1.65. The van der Waals surface area contributed by atoms with E-state index in [0.29, 0.717) is 19.6 Å². The van der Waals surface area contributed by atoms with Crippen molar-refractivity contribution >= 4 is 5.97 Å². The first kappa shape index (κ1) is 16.4. The number of nitrogens with one attached hydrogen (secondary N) is 1. The van der Waals surface area contributed by atoms with Gasteiger partial charge in [0.1, 0.15) is 11.8 Å². The van der Waals surface area contributed by atoms with Gasteiger partial charge in [-0.1, -0.05) is 6.92 Å². The lowest BCUT2D eigenvalue weighted by molar-refractivity contribution is -0.146. The van der Waals surface area contributed by atoms with Gasteiger partial charge in [0.15, 0.2) is 11.6 Å². The van der Waals surface area contributed by atoms with Crippen LogP contribution in [0, 0.1) is 11.6 Å². The van der Waals surface area contributed by atoms with Gasteiger partial charge >= 0.3 is 5.97 Å². The minimum atomic E-state index is -0.962. The lowest BCUT2D eigenvalue weighted by Crippen LogP contribution is -2.39. The summed E-state index contributed by atoms with van der Waals surface area (Å²) in [5.41, 5.74) is 0. The summed E-state index contributed by atoms with van der Waals surface area (Å²) < 4.78 is 35.9. The van der Waals surface area contributed by atoms with E-state index >= 15 is 0 Å². The molecule has 4 nitrogen and oxygen atoms in total. The van der Waals surface area contributed by atoms with Crippen molar-refractivity contribution < 1.29 is 23.0 Å². The van der Waals surface area contributed by atoms with Gasteiger partial charge in [0.2, 0.25) is 0 Å². The van der Waals surface area contributed by atoms with Gasteiger partial charge in [0.25, 0.3) is 0 Å². The van der Waals surface area contributed by atoms with E-state index < -0.39 is 17.7 Å². The first-order valence-electron chi connectivity index (χ1n) is 6.56. The standard InChI is InChI=1S/C14H19F2NO3/c1-3-17-13(14(18)19-4-2)7-8-20-10-5-6-11(15)12(16)9-10/h5-6,9,13,17H,3-4,7-8H2,1-2H3. The molecule has 1 aromatic rings. The molecule has 6 heteroatoms. The van der Waals surface area contributed by atoms with Gasteiger partial charge in [-0.05, 0) is 25.6 Å². The number of benzene rings is 1. The summed E-state index contributed by atoms with van der Waals surface area (Å²) in [6.07, 6.45) is 0.381. The highest BCUT2D eigenvalue weighted by molar-refractivity contribution is 5.75. The maximum Gasteiger partial charge on any atom is 0.323 e. The molecule has 1 N–H and O–H groups in total. The van der Waals surface area contributed by atoms with E-state index in [4.69, 9.17) is 9.47 Å². The van der Waals surface area contributed by atoms with Crippen molar-refractivity contribution in [2.24, 2.45) is 0 Å². The summed E-state index contributed by atoms with van der Waals surface area (Å²) in [5, 5.41) is 2.99. The molecule has 0 aromatic heterocycles. The minimum absolute atomic E-state index is 0.196. The Hall–Kier alpha value is -1.69. The van der Waals surface area contributed by atoms with Gasteiger partial charge in [-0.25, -0.2) is 8.78 Å². The van der Waals surface area contributed by atoms with Crippen LogP contribution in [0.3, 0.4) is 0 Å². The molecule has 0 spiro atoms. The van der Waals surface area contributed by atoms with Crippen LogP contribution >= 0.6 is 0 Å². The van der Waals surface area contributed by atoms with Gasteiger partial charge in [0, 0.05) is 12.5 Å². The second-order valence-electron chi connectivity index (χ2n) is 4.08. The lowest BCUT2D eigenvalue weighted by Gasteiger charge is -2.16. The highest BCUT2D eigenvalue weighted by Crippen LogP contribution is 2.15. The van der Waals surface area contributed by atoms with Gasteiger partial charge in [-0.3, -0.25) is 4.79 Å². The largest absolute Gasteiger partial charge is 0.493 e. The summed E-state index contributed by atoms with van der Waals surface area (Å²) in [4.78, 5) is 11.6. The number of carbonyl (C=O) groups excluding carboxylic acids is 1. The third-order valence-electron chi connectivity index (χ3n) is 2.59. The van der Waals surface area contributed by atoms with Crippen molar-refractivity contribution in [2.75, 3.05) is 19.8 Å². The van der Waals surface area contributed by atoms with E-state index in [-0.39, 0.29) is 18.3 Å². The number of rotatable bonds is 8. The van der Waals surface area contributed by atoms with Crippen LogP contribution in [0.15, 0.2) is 18.2 Å². The van der Waals surface area contributed by atoms with E-state index in [9.17, 15) is 13.6 Å². The van der Waals surface area contributed by atoms with Crippen molar-refractivity contribution in [3.63, 3.8) is 0 Å². The number of likely N-dealkylation sites (N-methyl/N-ethyl adjacent to an activating group) is 1. The van der Waals surface area contributed by atoms with Crippen LogP contribution in [-0.2, 0) is 9.53 Å². The van der Waals surface area contributed by atoms with Crippen molar-refractivity contribution in [2.45, 2.75) is 26.3 Å². The topological polar surface area (TPSA) is 47.6 Å². The Morgan fingerprint density at radius 2 is 2.05 bits per heavy atom. The van der Waals surface area contributed by atoms with Gasteiger partial charge in [0.05, 0.1) is 13.2 Å². The molecule has 1 aromatic carbocycles. The fraction of sp³-hybridized carbons (Fsp3) is 0.500. The monoisotopic (exact) mass is 287 g/mol. The smallest absolute Gasteiger partial charge is 0.323 e. The van der Waals surface area contributed by atoms with E-state index in [1.807, 2.05) is 6.92 Å². The Kier molecular flexibility index (Phi) is 6.93. The lowest BCUT2D eigenvalue weighted by atomic mass is 10.2. The minimum Gasteiger partial charge on any atom is -0.493 e. The summed E-state index contributed by atoms with van der Waals surface area (Å²) in [6.45, 7) is 4.74. The highest BCUT2D eigenvalue weighted by atomic mass is 19.2. The SMILES string of the molecule is CCNC(CCOc1ccc(F)c(F)c1)C(=O)OCC. The quantitative estimate of drug-likeness (QED) is 0.745. The first-order valence-corrected chi connectivity index (χ1v) is 6.56. The number of halogens is 2. The van der Waals surface area contributed by atoms with Crippen LogP contribution in [-0.4, -0.2) is 31.8 Å². The molecule has 0 bridgehead atoms. The molecule has 0 saturated carbocycles. The fourth-order valence-corrected chi connectivity index (χ4v) is 1.65. The summed E-state index contributed by atoms with van der Waals surface area (Å²) in [6, 6.07) is 2.84. The summed E-state index contributed by atoms with van der Waals surface area (Å²) in [5.74, 6) is -2.00. The molecule has 0 heterocycles. The van der Waals surface area contributed by atoms with Crippen molar-refractivity contribution in [3.8, 4) is 5.75 Å². The number of ether oxygens (including phenoxy) is 2. The molecular weight excluding hydrogens is 268 g/mol. The average Bonchev–Trinajstić information content (AvgIpc) is 2.42. The Bertz CT molecular complexity index is 440. The molecule has 0 amide bonds. The van der Waals surface area contributed by atoms with Crippen molar-refractivity contribution in [3.05, 3.63) is 29.8 Å². The van der Waals surface area contributed by atoms with Crippen LogP contribution in [0.2, 0.25) is 0 Å². The van der Waals surface area contributed by atoms with Crippen LogP contribution in [0.1, 0.15) is 20.3 Å².